The van der Waals surface area contributed by atoms with E-state index in [1.807, 2.05) is 48.0 Å². The van der Waals surface area contributed by atoms with Crippen molar-refractivity contribution in [3.05, 3.63) is 138 Å². The maximum absolute atomic E-state index is 4.89. The first-order chi connectivity index (χ1) is 25.2. The molecule has 0 aliphatic heterocycles. The van der Waals surface area contributed by atoms with E-state index in [0.717, 1.165) is 23.4 Å². The summed E-state index contributed by atoms with van der Waals surface area (Å²) in [5, 5.41) is 4.04. The van der Waals surface area contributed by atoms with Crippen molar-refractivity contribution in [2.75, 3.05) is 0 Å². The van der Waals surface area contributed by atoms with Gasteiger partial charge in [-0.3, -0.25) is 0 Å². The molecule has 0 unspecified atom stereocenters. The Morgan fingerprint density at radius 3 is 2.07 bits per heavy atom. The predicted molar refractivity (Wildman–Crippen MR) is 232 cm³/mol. The van der Waals surface area contributed by atoms with Crippen molar-refractivity contribution < 1.29 is 20.1 Å². The van der Waals surface area contributed by atoms with E-state index in [-0.39, 0.29) is 30.9 Å². The molecule has 0 saturated carbocycles. The van der Waals surface area contributed by atoms with Crippen LogP contribution in [0.4, 0.5) is 0 Å². The number of aromatic nitrogens is 2. The standard InChI is InChI=1S/C35H36NS.C14H16NSi.Ir/c1-34(2,3)25-18-24(19-26(21-25)35(4,5)6)23-14-15-28-29-12-9-13-30(33(29)37-31(28)20-23)32-27-11-8-7-10-22(27)16-17-36-32;1-16(2,3)13-9-10-14(15-11-13)12-7-5-4-6-8-12;/h9,12,14-21H,7-8,10-11H2,1-6H3;4-7,9-11H,1-3H3;/q2*-1;. The average molecular weight is 921 g/mol. The molecule has 3 aromatic heterocycles. The van der Waals surface area contributed by atoms with Gasteiger partial charge in [-0.05, 0) is 97.6 Å². The van der Waals surface area contributed by atoms with Crippen LogP contribution in [0.3, 0.4) is 0 Å². The Balaban J connectivity index is 0.000000246. The van der Waals surface area contributed by atoms with Gasteiger partial charge in [-0.1, -0.05) is 120 Å². The molecule has 3 heterocycles. The Morgan fingerprint density at radius 2 is 1.43 bits per heavy atom. The Bertz CT molecular complexity index is 2360. The molecule has 54 heavy (non-hydrogen) atoms. The van der Waals surface area contributed by atoms with Gasteiger partial charge in [0.2, 0.25) is 0 Å². The van der Waals surface area contributed by atoms with Crippen molar-refractivity contribution >= 4 is 44.8 Å². The molecule has 0 saturated heterocycles. The topological polar surface area (TPSA) is 25.8 Å². The van der Waals surface area contributed by atoms with Gasteiger partial charge in [-0.15, -0.1) is 59.7 Å². The van der Waals surface area contributed by atoms with Crippen LogP contribution in [-0.4, -0.2) is 18.0 Å². The predicted octanol–water partition coefficient (Wildman–Crippen LogP) is 13.1. The summed E-state index contributed by atoms with van der Waals surface area (Å²) in [5.41, 5.74) is 12.9. The minimum Gasteiger partial charge on any atom is -0.305 e. The average Bonchev–Trinajstić information content (AvgIpc) is 3.52. The number of rotatable bonds is 4. The third kappa shape index (κ3) is 8.56. The van der Waals surface area contributed by atoms with Gasteiger partial charge in [-0.25, -0.2) is 0 Å². The zero-order valence-electron chi connectivity index (χ0n) is 33.3. The van der Waals surface area contributed by atoms with E-state index in [1.54, 1.807) is 0 Å². The van der Waals surface area contributed by atoms with E-state index in [4.69, 9.17) is 4.98 Å². The third-order valence-electron chi connectivity index (χ3n) is 10.6. The molecule has 2 nitrogen and oxygen atoms in total. The number of thiophene rings is 1. The van der Waals surface area contributed by atoms with Gasteiger partial charge in [0.15, 0.2) is 0 Å². The molecule has 0 fully saturated rings. The van der Waals surface area contributed by atoms with Crippen molar-refractivity contribution in [1.82, 2.24) is 9.97 Å². The Hall–Kier alpha value is -3.73. The van der Waals surface area contributed by atoms with Crippen LogP contribution in [-0.2, 0) is 43.8 Å². The molecule has 0 atom stereocenters. The maximum Gasteiger partial charge on any atom is 0.0795 e. The van der Waals surface area contributed by atoms with Gasteiger partial charge in [0, 0.05) is 37.2 Å². The molecule has 4 aromatic carbocycles. The summed E-state index contributed by atoms with van der Waals surface area (Å²) in [6.45, 7) is 20.8. The van der Waals surface area contributed by atoms with E-state index < -0.39 is 8.07 Å². The number of benzene rings is 4. The van der Waals surface area contributed by atoms with Crippen LogP contribution in [0.15, 0.2) is 103 Å². The fraction of sp³-hybridized carbons (Fsp3) is 0.306. The summed E-state index contributed by atoms with van der Waals surface area (Å²) >= 11 is 1.89. The van der Waals surface area contributed by atoms with Gasteiger partial charge in [0.25, 0.3) is 0 Å². The molecule has 0 bridgehead atoms. The quantitative estimate of drug-likeness (QED) is 0.130. The van der Waals surface area contributed by atoms with E-state index in [9.17, 15) is 0 Å². The van der Waals surface area contributed by atoms with E-state index in [0.29, 0.717) is 0 Å². The van der Waals surface area contributed by atoms with Crippen molar-refractivity contribution in [3.63, 3.8) is 0 Å². The number of aryl methyl sites for hydroxylation is 1. The van der Waals surface area contributed by atoms with Gasteiger partial charge in [-0.2, -0.15) is 11.3 Å². The Kier molecular flexibility index (Phi) is 11.7. The molecule has 1 aliphatic rings. The van der Waals surface area contributed by atoms with Crippen LogP contribution in [0.1, 0.15) is 76.6 Å². The summed E-state index contributed by atoms with van der Waals surface area (Å²) < 4.78 is 2.64. The summed E-state index contributed by atoms with van der Waals surface area (Å²) in [4.78, 5) is 9.41. The van der Waals surface area contributed by atoms with Crippen LogP contribution in [0.2, 0.25) is 19.6 Å². The molecule has 0 N–H and O–H groups in total. The molecular weight excluding hydrogens is 869 g/mol. The Morgan fingerprint density at radius 1 is 0.685 bits per heavy atom. The fourth-order valence-electron chi connectivity index (χ4n) is 7.19. The van der Waals surface area contributed by atoms with Gasteiger partial charge in [0.1, 0.15) is 0 Å². The molecule has 8 rings (SSSR count). The van der Waals surface area contributed by atoms with E-state index >= 15 is 0 Å². The van der Waals surface area contributed by atoms with Crippen molar-refractivity contribution in [2.24, 2.45) is 0 Å². The molecule has 1 aliphatic carbocycles. The maximum atomic E-state index is 4.89. The van der Waals surface area contributed by atoms with Crippen molar-refractivity contribution in [2.45, 2.75) is 97.7 Å². The Labute approximate surface area is 341 Å². The van der Waals surface area contributed by atoms with Gasteiger partial charge >= 0.3 is 0 Å². The van der Waals surface area contributed by atoms with Gasteiger partial charge in [0.05, 0.1) is 8.07 Å². The normalized spacial score (nSPS) is 13.2. The summed E-state index contributed by atoms with van der Waals surface area (Å²) in [5.74, 6) is 0. The summed E-state index contributed by atoms with van der Waals surface area (Å²) in [7, 11) is -1.23. The van der Waals surface area contributed by atoms with Crippen LogP contribution < -0.4 is 5.19 Å². The largest absolute Gasteiger partial charge is 0.305 e. The number of fused-ring (bicyclic) bond motifs is 4. The zero-order chi connectivity index (χ0) is 37.5. The number of nitrogens with zero attached hydrogens (tertiary/aromatic N) is 2. The second-order valence-corrected chi connectivity index (χ2v) is 23.8. The first-order valence-electron chi connectivity index (χ1n) is 19.1. The number of hydrogen-bond donors (Lipinski definition) is 0. The molecule has 279 valence electrons. The second-order valence-electron chi connectivity index (χ2n) is 17.7. The summed E-state index contributed by atoms with van der Waals surface area (Å²) in [6, 6.07) is 39.8. The zero-order valence-corrected chi connectivity index (χ0v) is 37.5. The number of hydrogen-bond acceptors (Lipinski definition) is 3. The molecule has 1 radical (unpaired) electrons. The van der Waals surface area contributed by atoms with Gasteiger partial charge < -0.3 is 9.97 Å². The monoisotopic (exact) mass is 921 g/mol. The molecule has 0 amide bonds. The SMILES string of the molecule is CC(C)(C)c1cc(-c2ccc3c(c2)sc2c(-c4nccc5c4CCCC5)[c-]ccc23)cc(C(C)(C)C)c1.C[Si](C)(C)c1ccc(-c2[c-]cccc2)nc1.[Ir]. The first kappa shape index (κ1) is 39.9. The third-order valence-corrected chi connectivity index (χ3v) is 13.8. The van der Waals surface area contributed by atoms with E-state index in [1.165, 1.54) is 83.6 Å². The summed E-state index contributed by atoms with van der Waals surface area (Å²) in [6.07, 6.45) is 8.83. The van der Waals surface area contributed by atoms with Crippen molar-refractivity contribution in [1.29, 1.82) is 0 Å². The second kappa shape index (κ2) is 15.8. The van der Waals surface area contributed by atoms with Crippen LogP contribution in [0.5, 0.6) is 0 Å². The molecule has 5 heteroatoms. The minimum atomic E-state index is -1.23. The molecular formula is C49H52IrN2SSi-2. The van der Waals surface area contributed by atoms with Crippen LogP contribution >= 0.6 is 11.3 Å². The fourth-order valence-corrected chi connectivity index (χ4v) is 9.46. The van der Waals surface area contributed by atoms with Crippen LogP contribution in [0.25, 0.3) is 53.8 Å². The first-order valence-corrected chi connectivity index (χ1v) is 23.4. The molecule has 7 aromatic rings. The smallest absolute Gasteiger partial charge is 0.0795 e. The van der Waals surface area contributed by atoms with Crippen molar-refractivity contribution in [3.8, 4) is 33.6 Å². The van der Waals surface area contributed by atoms with E-state index in [2.05, 4.69) is 145 Å². The minimum absolute atomic E-state index is 0. The number of pyridine rings is 2. The van der Waals surface area contributed by atoms with Crippen LogP contribution in [0, 0.1) is 12.1 Å². The molecule has 0 spiro atoms.